The van der Waals surface area contributed by atoms with Crippen molar-refractivity contribution in [3.05, 3.63) is 41.7 Å². The summed E-state index contributed by atoms with van der Waals surface area (Å²) >= 11 is 0. The van der Waals surface area contributed by atoms with Crippen molar-refractivity contribution in [2.75, 3.05) is 6.54 Å². The van der Waals surface area contributed by atoms with Crippen molar-refractivity contribution >= 4 is 5.91 Å². The summed E-state index contributed by atoms with van der Waals surface area (Å²) in [5, 5.41) is 18.6. The molecule has 4 rings (SSSR count). The third-order valence-electron chi connectivity index (χ3n) is 6.42. The number of aliphatic hydroxyl groups excluding tert-OH is 1. The lowest BCUT2D eigenvalue weighted by Gasteiger charge is -2.23. The van der Waals surface area contributed by atoms with Gasteiger partial charge in [0.2, 0.25) is 5.91 Å². The van der Waals surface area contributed by atoms with E-state index in [4.69, 9.17) is 5.73 Å². The van der Waals surface area contributed by atoms with Crippen molar-refractivity contribution in [2.45, 2.75) is 70.1 Å². The number of likely N-dealkylation sites (tertiary alicyclic amines) is 1. The molecule has 3 N–H and O–H groups in total. The van der Waals surface area contributed by atoms with Gasteiger partial charge < -0.3 is 10.8 Å². The minimum atomic E-state index is -0.672. The zero-order chi connectivity index (χ0) is 20.2. The quantitative estimate of drug-likeness (QED) is 0.746. The molecule has 2 aliphatic rings. The molecule has 2 aromatic rings. The number of aryl methyl sites for hydroxylation is 1. The van der Waals surface area contributed by atoms with Crippen LogP contribution in [0.4, 0.5) is 0 Å². The highest BCUT2D eigenvalue weighted by molar-refractivity contribution is 5.81. The minimum Gasteiger partial charge on any atom is -0.391 e. The molecule has 1 aromatic heterocycles. The summed E-state index contributed by atoms with van der Waals surface area (Å²) < 4.78 is 1.83. The van der Waals surface area contributed by atoms with Gasteiger partial charge in [0.25, 0.3) is 0 Å². The zero-order valence-electron chi connectivity index (χ0n) is 16.9. The normalized spacial score (nSPS) is 23.5. The molecular formula is C22H31N5O2. The van der Waals surface area contributed by atoms with Crippen LogP contribution >= 0.6 is 0 Å². The first-order valence-corrected chi connectivity index (χ1v) is 10.8. The topological polar surface area (TPSA) is 97.3 Å². The van der Waals surface area contributed by atoms with Crippen LogP contribution in [0.5, 0.6) is 0 Å². The highest BCUT2D eigenvalue weighted by Crippen LogP contribution is 2.27. The van der Waals surface area contributed by atoms with E-state index in [1.165, 1.54) is 38.5 Å². The van der Waals surface area contributed by atoms with Crippen LogP contribution in [0.1, 0.15) is 56.2 Å². The number of hydrogen-bond donors (Lipinski definition) is 2. The molecule has 7 heteroatoms. The molecule has 2 heterocycles. The molecule has 156 valence electrons. The molecule has 0 radical (unpaired) electrons. The molecular weight excluding hydrogens is 366 g/mol. The first-order chi connectivity index (χ1) is 14.1. The monoisotopic (exact) mass is 397 g/mol. The summed E-state index contributed by atoms with van der Waals surface area (Å²) in [5.41, 5.74) is 8.54. The Morgan fingerprint density at radius 2 is 1.90 bits per heavy atom. The Labute approximate surface area is 171 Å². The molecule has 7 nitrogen and oxygen atoms in total. The van der Waals surface area contributed by atoms with Crippen LogP contribution in [0.25, 0.3) is 5.69 Å². The van der Waals surface area contributed by atoms with Crippen molar-refractivity contribution < 1.29 is 9.90 Å². The highest BCUT2D eigenvalue weighted by Gasteiger charge is 2.36. The molecule has 2 unspecified atom stereocenters. The number of nitrogens with two attached hydrogens (primary N) is 1. The molecule has 1 saturated heterocycles. The van der Waals surface area contributed by atoms with Crippen molar-refractivity contribution in [2.24, 2.45) is 11.7 Å². The van der Waals surface area contributed by atoms with Gasteiger partial charge in [0.05, 0.1) is 23.7 Å². The summed E-state index contributed by atoms with van der Waals surface area (Å²) in [4.78, 5) is 13.6. The second kappa shape index (κ2) is 9.05. The van der Waals surface area contributed by atoms with Gasteiger partial charge in [-0.1, -0.05) is 49.5 Å². The van der Waals surface area contributed by atoms with Crippen LogP contribution in [0.15, 0.2) is 30.5 Å². The molecule has 0 spiro atoms. The Balaban J connectivity index is 1.34. The van der Waals surface area contributed by atoms with E-state index in [1.807, 2.05) is 40.0 Å². The highest BCUT2D eigenvalue weighted by atomic mass is 16.3. The van der Waals surface area contributed by atoms with Gasteiger partial charge in [0.15, 0.2) is 0 Å². The molecule has 29 heavy (non-hydrogen) atoms. The van der Waals surface area contributed by atoms with Crippen LogP contribution in [0, 0.1) is 5.92 Å². The zero-order valence-corrected chi connectivity index (χ0v) is 16.9. The van der Waals surface area contributed by atoms with E-state index >= 15 is 0 Å². The fraction of sp³-hybridized carbons (Fsp3) is 0.591. The van der Waals surface area contributed by atoms with Gasteiger partial charge >= 0.3 is 0 Å². The predicted molar refractivity (Wildman–Crippen MR) is 110 cm³/mol. The van der Waals surface area contributed by atoms with E-state index < -0.39 is 18.1 Å². The number of hydrogen-bond acceptors (Lipinski definition) is 5. The van der Waals surface area contributed by atoms with Crippen LogP contribution < -0.4 is 5.73 Å². The van der Waals surface area contributed by atoms with Gasteiger partial charge in [0, 0.05) is 13.1 Å². The molecule has 1 amide bonds. The molecule has 2 fully saturated rings. The van der Waals surface area contributed by atoms with Gasteiger partial charge in [-0.3, -0.25) is 9.69 Å². The maximum atomic E-state index is 11.6. The Morgan fingerprint density at radius 3 is 2.62 bits per heavy atom. The fourth-order valence-corrected chi connectivity index (χ4v) is 4.74. The van der Waals surface area contributed by atoms with E-state index in [2.05, 4.69) is 10.3 Å². The second-order valence-electron chi connectivity index (χ2n) is 8.54. The van der Waals surface area contributed by atoms with E-state index in [0.29, 0.717) is 19.5 Å². The summed E-state index contributed by atoms with van der Waals surface area (Å²) in [6, 6.07) is 7.49. The second-order valence-corrected chi connectivity index (χ2v) is 8.54. The molecule has 1 aliphatic carbocycles. The fourth-order valence-electron chi connectivity index (χ4n) is 4.74. The van der Waals surface area contributed by atoms with Crippen molar-refractivity contribution in [3.8, 4) is 5.69 Å². The molecule has 2 atom stereocenters. The lowest BCUT2D eigenvalue weighted by atomic mass is 9.86. The first-order valence-electron chi connectivity index (χ1n) is 10.8. The number of nitrogens with zero attached hydrogens (tertiary/aromatic N) is 4. The predicted octanol–water partition coefficient (Wildman–Crippen LogP) is 2.20. The van der Waals surface area contributed by atoms with Crippen molar-refractivity contribution in [3.63, 3.8) is 0 Å². The average Bonchev–Trinajstić information content (AvgIpc) is 3.34. The van der Waals surface area contributed by atoms with Gasteiger partial charge in [0.1, 0.15) is 6.04 Å². The standard InChI is InChI=1S/C22H31N5O2/c23-22(29)21-20(28)12-13-26(21)14-17-7-10-19(11-8-17)27-15-18(24-25-27)9-6-16-4-2-1-3-5-16/h7-8,10-11,15-16,20-21,28H,1-6,9,12-14H2,(H2,23,29). The SMILES string of the molecule is NC(=O)C1C(O)CCN1Cc1ccc(-n2cc(CCC3CCCCC3)nn2)cc1. The molecule has 1 aromatic carbocycles. The Hall–Kier alpha value is -2.25. The maximum Gasteiger partial charge on any atom is 0.237 e. The number of primary amides is 1. The number of carbonyl (C=O) groups is 1. The van der Waals surface area contributed by atoms with Crippen LogP contribution in [-0.4, -0.2) is 49.6 Å². The number of benzene rings is 1. The third-order valence-corrected chi connectivity index (χ3v) is 6.42. The van der Waals surface area contributed by atoms with Gasteiger partial charge in [-0.2, -0.15) is 0 Å². The van der Waals surface area contributed by atoms with E-state index in [9.17, 15) is 9.90 Å². The minimum absolute atomic E-state index is 0.463. The Bertz CT molecular complexity index is 813. The Kier molecular flexibility index (Phi) is 6.25. The largest absolute Gasteiger partial charge is 0.391 e. The van der Waals surface area contributed by atoms with Crippen LogP contribution in [-0.2, 0) is 17.8 Å². The van der Waals surface area contributed by atoms with Crippen molar-refractivity contribution in [1.29, 1.82) is 0 Å². The lowest BCUT2D eigenvalue weighted by molar-refractivity contribution is -0.124. The van der Waals surface area contributed by atoms with E-state index in [0.717, 1.165) is 29.3 Å². The molecule has 0 bridgehead atoms. The van der Waals surface area contributed by atoms with Gasteiger partial charge in [-0.15, -0.1) is 5.10 Å². The van der Waals surface area contributed by atoms with Gasteiger partial charge in [-0.25, -0.2) is 4.68 Å². The van der Waals surface area contributed by atoms with E-state index in [-0.39, 0.29) is 0 Å². The number of aliphatic hydroxyl groups is 1. The Morgan fingerprint density at radius 1 is 1.14 bits per heavy atom. The number of carbonyl (C=O) groups excluding carboxylic acids is 1. The van der Waals surface area contributed by atoms with Gasteiger partial charge in [-0.05, 0) is 42.9 Å². The molecule has 1 saturated carbocycles. The first kappa shape index (κ1) is 20.0. The molecule has 1 aliphatic heterocycles. The third kappa shape index (κ3) is 4.85. The maximum absolute atomic E-state index is 11.6. The van der Waals surface area contributed by atoms with Crippen LogP contribution in [0.3, 0.4) is 0 Å². The lowest BCUT2D eigenvalue weighted by Crippen LogP contribution is -2.45. The number of aromatic nitrogens is 3. The summed E-state index contributed by atoms with van der Waals surface area (Å²) in [6.07, 6.45) is 11.0. The smallest absolute Gasteiger partial charge is 0.237 e. The summed E-state index contributed by atoms with van der Waals surface area (Å²) in [5.74, 6) is 0.386. The number of rotatable bonds is 7. The number of amides is 1. The van der Waals surface area contributed by atoms with E-state index in [1.54, 1.807) is 0 Å². The summed E-state index contributed by atoms with van der Waals surface area (Å²) in [7, 11) is 0. The average molecular weight is 398 g/mol. The van der Waals surface area contributed by atoms with Crippen molar-refractivity contribution in [1.82, 2.24) is 19.9 Å². The summed E-state index contributed by atoms with van der Waals surface area (Å²) in [6.45, 7) is 1.26. The van der Waals surface area contributed by atoms with Crippen LogP contribution in [0.2, 0.25) is 0 Å².